The quantitative estimate of drug-likeness (QED) is 0.715. The van der Waals surface area contributed by atoms with Crippen molar-refractivity contribution in [1.29, 1.82) is 0 Å². The van der Waals surface area contributed by atoms with Gasteiger partial charge in [-0.2, -0.15) is 0 Å². The van der Waals surface area contributed by atoms with E-state index in [1.165, 1.54) is 6.42 Å². The van der Waals surface area contributed by atoms with E-state index in [-0.39, 0.29) is 17.9 Å². The highest BCUT2D eigenvalue weighted by atomic mass is 16.5. The molecular weight excluding hydrogens is 204 g/mol. The second-order valence-corrected chi connectivity index (χ2v) is 5.27. The molecule has 3 fully saturated rings. The second kappa shape index (κ2) is 4.34. The summed E-state index contributed by atoms with van der Waals surface area (Å²) in [6.45, 7) is 1.90. The van der Waals surface area contributed by atoms with E-state index in [0.717, 1.165) is 38.8 Å². The van der Waals surface area contributed by atoms with Gasteiger partial charge >= 0.3 is 0 Å². The van der Waals surface area contributed by atoms with Gasteiger partial charge in [0.25, 0.3) is 0 Å². The lowest BCUT2D eigenvalue weighted by Gasteiger charge is -2.26. The van der Waals surface area contributed by atoms with Crippen LogP contribution in [0.15, 0.2) is 0 Å². The largest absolute Gasteiger partial charge is 0.373 e. The average molecular weight is 224 g/mol. The molecule has 0 spiro atoms. The second-order valence-electron chi connectivity index (χ2n) is 5.27. The highest BCUT2D eigenvalue weighted by Crippen LogP contribution is 2.34. The van der Waals surface area contributed by atoms with E-state index in [4.69, 9.17) is 4.74 Å². The smallest absolute Gasteiger partial charge is 0.224 e. The molecule has 0 radical (unpaired) electrons. The Bertz CT molecular complexity index is 276. The van der Waals surface area contributed by atoms with Gasteiger partial charge in [-0.25, -0.2) is 0 Å². The molecule has 3 aliphatic rings. The predicted molar refractivity (Wildman–Crippen MR) is 60.0 cm³/mol. The monoisotopic (exact) mass is 224 g/mol. The molecule has 90 valence electrons. The van der Waals surface area contributed by atoms with Crippen LogP contribution in [0.3, 0.4) is 0 Å². The third kappa shape index (κ3) is 1.96. The van der Waals surface area contributed by atoms with Crippen LogP contribution < -0.4 is 10.6 Å². The molecule has 16 heavy (non-hydrogen) atoms. The van der Waals surface area contributed by atoms with Crippen LogP contribution in [0.25, 0.3) is 0 Å². The minimum Gasteiger partial charge on any atom is -0.373 e. The van der Waals surface area contributed by atoms with Gasteiger partial charge in [0.05, 0.1) is 24.2 Å². The molecule has 0 aromatic rings. The number of amides is 1. The zero-order chi connectivity index (χ0) is 11.0. The summed E-state index contributed by atoms with van der Waals surface area (Å²) < 4.78 is 5.74. The van der Waals surface area contributed by atoms with Gasteiger partial charge in [-0.3, -0.25) is 4.79 Å². The molecule has 3 heterocycles. The minimum atomic E-state index is 0.174. The van der Waals surface area contributed by atoms with Crippen LogP contribution >= 0.6 is 0 Å². The maximum absolute atomic E-state index is 12.0. The topological polar surface area (TPSA) is 50.4 Å². The highest BCUT2D eigenvalue weighted by Gasteiger charge is 2.41. The van der Waals surface area contributed by atoms with Crippen molar-refractivity contribution in [1.82, 2.24) is 10.6 Å². The molecule has 3 aliphatic heterocycles. The lowest BCUT2D eigenvalue weighted by molar-refractivity contribution is -0.126. The number of rotatable bonds is 2. The zero-order valence-corrected chi connectivity index (χ0v) is 9.58. The molecule has 3 unspecified atom stereocenters. The van der Waals surface area contributed by atoms with Crippen molar-refractivity contribution >= 4 is 5.91 Å². The SMILES string of the molecule is O=C(NC1CC2CCC1O2)[C@@H]1CCCNC1. The first-order valence-corrected chi connectivity index (χ1v) is 6.49. The average Bonchev–Trinajstić information content (AvgIpc) is 2.92. The van der Waals surface area contributed by atoms with Crippen LogP contribution in [0.2, 0.25) is 0 Å². The predicted octanol–water partition coefficient (Wildman–Crippen LogP) is 0.422. The fourth-order valence-electron chi connectivity index (χ4n) is 3.17. The maximum atomic E-state index is 12.0. The Kier molecular flexibility index (Phi) is 2.86. The molecule has 3 saturated heterocycles. The lowest BCUT2D eigenvalue weighted by atomic mass is 9.93. The van der Waals surface area contributed by atoms with Crippen molar-refractivity contribution in [3.63, 3.8) is 0 Å². The summed E-state index contributed by atoms with van der Waals surface area (Å²) in [5.74, 6) is 0.404. The van der Waals surface area contributed by atoms with Crippen molar-refractivity contribution in [2.24, 2.45) is 5.92 Å². The van der Waals surface area contributed by atoms with E-state index >= 15 is 0 Å². The van der Waals surface area contributed by atoms with E-state index in [1.807, 2.05) is 0 Å². The fourth-order valence-corrected chi connectivity index (χ4v) is 3.17. The number of hydrogen-bond donors (Lipinski definition) is 2. The van der Waals surface area contributed by atoms with Crippen molar-refractivity contribution in [2.75, 3.05) is 13.1 Å². The van der Waals surface area contributed by atoms with E-state index < -0.39 is 0 Å². The van der Waals surface area contributed by atoms with E-state index in [9.17, 15) is 4.79 Å². The van der Waals surface area contributed by atoms with Crippen LogP contribution in [0.4, 0.5) is 0 Å². The fraction of sp³-hybridized carbons (Fsp3) is 0.917. The summed E-state index contributed by atoms with van der Waals surface area (Å²) in [7, 11) is 0. The molecule has 4 heteroatoms. The van der Waals surface area contributed by atoms with Gasteiger partial charge in [-0.1, -0.05) is 0 Å². The number of carbonyl (C=O) groups excluding carboxylic acids is 1. The Balaban J connectivity index is 1.52. The first kappa shape index (κ1) is 10.5. The molecule has 4 atom stereocenters. The molecule has 0 saturated carbocycles. The molecule has 2 bridgehead atoms. The number of fused-ring (bicyclic) bond motifs is 2. The van der Waals surface area contributed by atoms with E-state index in [1.54, 1.807) is 0 Å². The van der Waals surface area contributed by atoms with Gasteiger partial charge in [-0.15, -0.1) is 0 Å². The normalized spacial score (nSPS) is 42.2. The first-order valence-electron chi connectivity index (χ1n) is 6.49. The number of nitrogens with one attached hydrogen (secondary N) is 2. The Morgan fingerprint density at radius 2 is 2.25 bits per heavy atom. The Morgan fingerprint density at radius 3 is 2.88 bits per heavy atom. The van der Waals surface area contributed by atoms with Crippen LogP contribution in [0.1, 0.15) is 32.1 Å². The highest BCUT2D eigenvalue weighted by molar-refractivity contribution is 5.79. The summed E-state index contributed by atoms with van der Waals surface area (Å²) in [5.41, 5.74) is 0. The third-order valence-corrected chi connectivity index (χ3v) is 4.10. The zero-order valence-electron chi connectivity index (χ0n) is 9.58. The third-order valence-electron chi connectivity index (χ3n) is 4.10. The minimum absolute atomic E-state index is 0.174. The van der Waals surface area contributed by atoms with Crippen LogP contribution in [-0.4, -0.2) is 37.2 Å². The van der Waals surface area contributed by atoms with Crippen molar-refractivity contribution < 1.29 is 9.53 Å². The molecule has 2 N–H and O–H groups in total. The van der Waals surface area contributed by atoms with E-state index in [2.05, 4.69) is 10.6 Å². The van der Waals surface area contributed by atoms with Crippen LogP contribution in [0.5, 0.6) is 0 Å². The standard InChI is InChI=1S/C12H20N2O2/c15-12(8-2-1-5-13-7-8)14-10-6-9-3-4-11(10)16-9/h8-11,13H,1-7H2,(H,14,15)/t8-,9?,10?,11?/m1/s1. The number of carbonyl (C=O) groups is 1. The summed E-state index contributed by atoms with van der Waals surface area (Å²) in [5, 5.41) is 6.46. The van der Waals surface area contributed by atoms with Gasteiger partial charge in [0.2, 0.25) is 5.91 Å². The summed E-state index contributed by atoms with van der Waals surface area (Å²) in [6, 6.07) is 0.285. The summed E-state index contributed by atoms with van der Waals surface area (Å²) >= 11 is 0. The van der Waals surface area contributed by atoms with Crippen LogP contribution in [-0.2, 0) is 9.53 Å². The number of hydrogen-bond acceptors (Lipinski definition) is 3. The van der Waals surface area contributed by atoms with Crippen molar-refractivity contribution in [3.8, 4) is 0 Å². The van der Waals surface area contributed by atoms with Crippen molar-refractivity contribution in [3.05, 3.63) is 0 Å². The van der Waals surface area contributed by atoms with Gasteiger partial charge < -0.3 is 15.4 Å². The molecule has 4 nitrogen and oxygen atoms in total. The lowest BCUT2D eigenvalue weighted by Crippen LogP contribution is -2.47. The molecule has 0 aromatic heterocycles. The molecule has 0 aliphatic carbocycles. The molecule has 3 rings (SSSR count). The van der Waals surface area contributed by atoms with E-state index in [0.29, 0.717) is 12.2 Å². The van der Waals surface area contributed by atoms with Gasteiger partial charge in [0.15, 0.2) is 0 Å². The molecule has 0 aromatic carbocycles. The Morgan fingerprint density at radius 1 is 1.31 bits per heavy atom. The Labute approximate surface area is 96.1 Å². The number of piperidine rings is 1. The number of ether oxygens (including phenoxy) is 1. The summed E-state index contributed by atoms with van der Waals surface area (Å²) in [4.78, 5) is 12.0. The molecule has 1 amide bonds. The van der Waals surface area contributed by atoms with Crippen LogP contribution in [0, 0.1) is 5.92 Å². The van der Waals surface area contributed by atoms with Gasteiger partial charge in [-0.05, 0) is 38.6 Å². The summed E-state index contributed by atoms with van der Waals surface area (Å²) in [6.07, 6.45) is 6.19. The van der Waals surface area contributed by atoms with Gasteiger partial charge in [0, 0.05) is 6.54 Å². The Hall–Kier alpha value is -0.610. The maximum Gasteiger partial charge on any atom is 0.224 e. The first-order chi connectivity index (χ1) is 7.83. The van der Waals surface area contributed by atoms with Crippen molar-refractivity contribution in [2.45, 2.75) is 50.4 Å². The molecular formula is C12H20N2O2. The van der Waals surface area contributed by atoms with Gasteiger partial charge in [0.1, 0.15) is 0 Å².